The van der Waals surface area contributed by atoms with Crippen LogP contribution in [0.3, 0.4) is 0 Å². The Bertz CT molecular complexity index is 563. The molecule has 0 saturated carbocycles. The minimum absolute atomic E-state index is 0.0733. The Morgan fingerprint density at radius 2 is 2.19 bits per heavy atom. The van der Waals surface area contributed by atoms with E-state index in [2.05, 4.69) is 4.98 Å². The number of pyridine rings is 1. The summed E-state index contributed by atoms with van der Waals surface area (Å²) < 4.78 is 0. The first kappa shape index (κ1) is 10.4. The summed E-state index contributed by atoms with van der Waals surface area (Å²) in [5.41, 5.74) is 1.13. The first-order chi connectivity index (χ1) is 7.63. The molecular weight excluding hydrogens is 206 g/mol. The molecule has 4 heteroatoms. The summed E-state index contributed by atoms with van der Waals surface area (Å²) in [7, 11) is 0. The quantitative estimate of drug-likeness (QED) is 0.809. The van der Waals surface area contributed by atoms with Crippen molar-refractivity contribution < 1.29 is 15.0 Å². The van der Waals surface area contributed by atoms with Gasteiger partial charge in [-0.05, 0) is 18.6 Å². The summed E-state index contributed by atoms with van der Waals surface area (Å²) in [6, 6.07) is 6.48. The molecule has 2 N–H and O–H groups in total. The first-order valence-electron chi connectivity index (χ1n) is 4.98. The lowest BCUT2D eigenvalue weighted by molar-refractivity contribution is 0.0695. The van der Waals surface area contributed by atoms with Crippen LogP contribution in [0.1, 0.15) is 23.0 Å². The Kier molecular flexibility index (Phi) is 2.48. The number of para-hydroxylation sites is 1. The van der Waals surface area contributed by atoms with Crippen LogP contribution >= 0.6 is 0 Å². The molecule has 0 aliphatic heterocycles. The molecule has 0 spiro atoms. The third kappa shape index (κ3) is 1.58. The fourth-order valence-electron chi connectivity index (χ4n) is 1.68. The van der Waals surface area contributed by atoms with Crippen molar-refractivity contribution in [3.05, 3.63) is 35.5 Å². The largest absolute Gasteiger partial charge is 0.506 e. The SMILES string of the molecule is CCc1nc2c(O)cccc2cc1C(=O)O. The lowest BCUT2D eigenvalue weighted by atomic mass is 10.1. The summed E-state index contributed by atoms with van der Waals surface area (Å²) in [5.74, 6) is -0.918. The van der Waals surface area contributed by atoms with Crippen molar-refractivity contribution >= 4 is 16.9 Å². The highest BCUT2D eigenvalue weighted by Gasteiger charge is 2.13. The van der Waals surface area contributed by atoms with Gasteiger partial charge in [-0.2, -0.15) is 0 Å². The van der Waals surface area contributed by atoms with Crippen LogP contribution in [0.2, 0.25) is 0 Å². The third-order valence-electron chi connectivity index (χ3n) is 2.47. The molecular formula is C12H11NO3. The summed E-state index contributed by atoms with van der Waals surface area (Å²) in [6.07, 6.45) is 0.520. The second-order valence-electron chi connectivity index (χ2n) is 3.49. The standard InChI is InChI=1S/C12H11NO3/c1-2-9-8(12(15)16)6-7-4-3-5-10(14)11(7)13-9/h3-6,14H,2H2,1H3,(H,15,16). The second-order valence-corrected chi connectivity index (χ2v) is 3.49. The van der Waals surface area contributed by atoms with Crippen molar-refractivity contribution in [3.8, 4) is 5.75 Å². The predicted octanol–water partition coefficient (Wildman–Crippen LogP) is 2.20. The second kappa shape index (κ2) is 3.81. The summed E-state index contributed by atoms with van der Waals surface area (Å²) in [6.45, 7) is 1.83. The van der Waals surface area contributed by atoms with Crippen LogP contribution in [0.4, 0.5) is 0 Å². The molecule has 0 atom stereocenters. The average molecular weight is 217 g/mol. The Morgan fingerprint density at radius 1 is 1.44 bits per heavy atom. The van der Waals surface area contributed by atoms with Crippen molar-refractivity contribution in [2.45, 2.75) is 13.3 Å². The van der Waals surface area contributed by atoms with Gasteiger partial charge < -0.3 is 10.2 Å². The number of nitrogens with zero attached hydrogens (tertiary/aromatic N) is 1. The number of carboxylic acids is 1. The molecule has 0 saturated heterocycles. The van der Waals surface area contributed by atoms with Crippen molar-refractivity contribution in [2.24, 2.45) is 0 Å². The highest BCUT2D eigenvalue weighted by atomic mass is 16.4. The number of aromatic carboxylic acids is 1. The number of aromatic hydroxyl groups is 1. The molecule has 2 aromatic rings. The van der Waals surface area contributed by atoms with Gasteiger partial charge >= 0.3 is 5.97 Å². The summed E-state index contributed by atoms with van der Waals surface area (Å²) in [5, 5.41) is 19.3. The minimum Gasteiger partial charge on any atom is -0.506 e. The van der Waals surface area contributed by atoms with Crippen LogP contribution in [-0.4, -0.2) is 21.2 Å². The number of carbonyl (C=O) groups is 1. The summed E-state index contributed by atoms with van der Waals surface area (Å²) in [4.78, 5) is 15.2. The molecule has 1 aromatic carbocycles. The van der Waals surface area contributed by atoms with E-state index in [0.717, 1.165) is 0 Å². The van der Waals surface area contributed by atoms with Crippen LogP contribution in [0.25, 0.3) is 10.9 Å². The maximum atomic E-state index is 11.0. The number of benzene rings is 1. The number of fused-ring (bicyclic) bond motifs is 1. The number of rotatable bonds is 2. The number of phenolic OH excluding ortho intramolecular Hbond substituents is 1. The van der Waals surface area contributed by atoms with Gasteiger partial charge in [-0.25, -0.2) is 9.78 Å². The lowest BCUT2D eigenvalue weighted by Gasteiger charge is -2.06. The maximum Gasteiger partial charge on any atom is 0.337 e. The Balaban J connectivity index is 2.80. The molecule has 0 aliphatic carbocycles. The fourth-order valence-corrected chi connectivity index (χ4v) is 1.68. The van der Waals surface area contributed by atoms with E-state index in [1.807, 2.05) is 6.92 Å². The molecule has 0 aliphatic rings. The Labute approximate surface area is 92.2 Å². The first-order valence-corrected chi connectivity index (χ1v) is 4.98. The van der Waals surface area contributed by atoms with E-state index in [9.17, 15) is 9.90 Å². The molecule has 0 amide bonds. The zero-order valence-electron chi connectivity index (χ0n) is 8.77. The van der Waals surface area contributed by atoms with Crippen molar-refractivity contribution in [2.75, 3.05) is 0 Å². The molecule has 2 rings (SSSR count). The van der Waals surface area contributed by atoms with Crippen molar-refractivity contribution in [1.82, 2.24) is 4.98 Å². The van der Waals surface area contributed by atoms with Gasteiger partial charge in [0, 0.05) is 5.39 Å². The maximum absolute atomic E-state index is 11.0. The van der Waals surface area contributed by atoms with E-state index in [0.29, 0.717) is 23.0 Å². The Hall–Kier alpha value is -2.10. The van der Waals surface area contributed by atoms with Crippen molar-refractivity contribution in [1.29, 1.82) is 0 Å². The van der Waals surface area contributed by atoms with Crippen LogP contribution in [0.15, 0.2) is 24.3 Å². The van der Waals surface area contributed by atoms with E-state index < -0.39 is 5.97 Å². The Morgan fingerprint density at radius 3 is 2.81 bits per heavy atom. The minimum atomic E-state index is -0.991. The van der Waals surface area contributed by atoms with Crippen LogP contribution < -0.4 is 0 Å². The van der Waals surface area contributed by atoms with E-state index in [4.69, 9.17) is 5.11 Å². The van der Waals surface area contributed by atoms with Gasteiger partial charge in [0.05, 0.1) is 11.3 Å². The molecule has 0 unspecified atom stereocenters. The van der Waals surface area contributed by atoms with Gasteiger partial charge in [0.1, 0.15) is 11.3 Å². The number of phenols is 1. The number of aryl methyl sites for hydroxylation is 1. The van der Waals surface area contributed by atoms with Gasteiger partial charge in [-0.15, -0.1) is 0 Å². The molecule has 0 fully saturated rings. The van der Waals surface area contributed by atoms with E-state index in [1.165, 1.54) is 6.07 Å². The average Bonchev–Trinajstić information content (AvgIpc) is 2.28. The normalized spacial score (nSPS) is 10.6. The lowest BCUT2D eigenvalue weighted by Crippen LogP contribution is -2.04. The smallest absolute Gasteiger partial charge is 0.337 e. The molecule has 0 bridgehead atoms. The highest BCUT2D eigenvalue weighted by molar-refractivity contribution is 5.95. The van der Waals surface area contributed by atoms with Gasteiger partial charge in [0.15, 0.2) is 0 Å². The van der Waals surface area contributed by atoms with E-state index >= 15 is 0 Å². The fraction of sp³-hybridized carbons (Fsp3) is 0.167. The van der Waals surface area contributed by atoms with E-state index in [-0.39, 0.29) is 11.3 Å². The monoisotopic (exact) mass is 217 g/mol. The number of hydrogen-bond acceptors (Lipinski definition) is 3. The molecule has 82 valence electrons. The number of aromatic nitrogens is 1. The van der Waals surface area contributed by atoms with Gasteiger partial charge in [-0.1, -0.05) is 19.1 Å². The molecule has 0 radical (unpaired) electrons. The van der Waals surface area contributed by atoms with Gasteiger partial charge in [-0.3, -0.25) is 0 Å². The van der Waals surface area contributed by atoms with E-state index in [1.54, 1.807) is 18.2 Å². The highest BCUT2D eigenvalue weighted by Crippen LogP contribution is 2.24. The topological polar surface area (TPSA) is 70.4 Å². The van der Waals surface area contributed by atoms with Crippen LogP contribution in [0, 0.1) is 0 Å². The van der Waals surface area contributed by atoms with Crippen LogP contribution in [0.5, 0.6) is 5.75 Å². The number of carboxylic acid groups (broad SMARTS) is 1. The predicted molar refractivity (Wildman–Crippen MR) is 59.7 cm³/mol. The zero-order chi connectivity index (χ0) is 11.7. The van der Waals surface area contributed by atoms with Crippen molar-refractivity contribution in [3.63, 3.8) is 0 Å². The molecule has 16 heavy (non-hydrogen) atoms. The third-order valence-corrected chi connectivity index (χ3v) is 2.47. The molecule has 1 aromatic heterocycles. The molecule has 1 heterocycles. The number of hydrogen-bond donors (Lipinski definition) is 2. The zero-order valence-corrected chi connectivity index (χ0v) is 8.77. The van der Waals surface area contributed by atoms with Gasteiger partial charge in [0.25, 0.3) is 0 Å². The van der Waals surface area contributed by atoms with Gasteiger partial charge in [0.2, 0.25) is 0 Å². The summed E-state index contributed by atoms with van der Waals surface area (Å²) >= 11 is 0. The molecule has 4 nitrogen and oxygen atoms in total. The van der Waals surface area contributed by atoms with Crippen LogP contribution in [-0.2, 0) is 6.42 Å².